The number of amides is 1. The van der Waals surface area contributed by atoms with E-state index in [0.29, 0.717) is 0 Å². The van der Waals surface area contributed by atoms with Crippen LogP contribution in [-0.2, 0) is 16.0 Å². The zero-order valence-corrected chi connectivity index (χ0v) is 15.3. The Morgan fingerprint density at radius 1 is 1.21 bits per heavy atom. The van der Waals surface area contributed by atoms with E-state index in [4.69, 9.17) is 10.5 Å². The van der Waals surface area contributed by atoms with E-state index in [1.165, 1.54) is 25.7 Å². The van der Waals surface area contributed by atoms with Crippen LogP contribution in [0.3, 0.4) is 0 Å². The third-order valence-corrected chi connectivity index (χ3v) is 5.10. The molecule has 5 heteroatoms. The number of halogens is 1. The van der Waals surface area contributed by atoms with Crippen LogP contribution in [0.15, 0.2) is 18.2 Å². The molecule has 3 rings (SSSR count). The number of nitrogen functional groups attached to an aromatic ring is 1. The van der Waals surface area contributed by atoms with E-state index in [2.05, 4.69) is 0 Å². The SMILES string of the molecule is CC(OC1CCCCCC1)C(=O)N1CCCc2c(N)cccc21.Cl. The summed E-state index contributed by atoms with van der Waals surface area (Å²) in [6, 6.07) is 5.84. The van der Waals surface area contributed by atoms with Gasteiger partial charge >= 0.3 is 0 Å². The zero-order valence-electron chi connectivity index (χ0n) is 14.5. The summed E-state index contributed by atoms with van der Waals surface area (Å²) in [6.07, 6.45) is 8.95. The Labute approximate surface area is 151 Å². The smallest absolute Gasteiger partial charge is 0.255 e. The topological polar surface area (TPSA) is 55.6 Å². The number of fused-ring (bicyclic) bond motifs is 1. The van der Waals surface area contributed by atoms with Crippen LogP contribution < -0.4 is 10.6 Å². The summed E-state index contributed by atoms with van der Waals surface area (Å²) in [5.41, 5.74) is 8.94. The molecule has 1 aliphatic carbocycles. The maximum atomic E-state index is 12.9. The minimum atomic E-state index is -0.384. The molecule has 2 N–H and O–H groups in total. The average Bonchev–Trinajstić information content (AvgIpc) is 2.83. The van der Waals surface area contributed by atoms with Gasteiger partial charge in [0.1, 0.15) is 6.10 Å². The van der Waals surface area contributed by atoms with Crippen LogP contribution in [0.25, 0.3) is 0 Å². The predicted octanol–water partition coefficient (Wildman–Crippen LogP) is 4.10. The van der Waals surface area contributed by atoms with Crippen molar-refractivity contribution in [3.05, 3.63) is 23.8 Å². The second kappa shape index (κ2) is 8.72. The molecule has 4 nitrogen and oxygen atoms in total. The number of nitrogens with two attached hydrogens (primary N) is 1. The molecular formula is C19H29ClN2O2. The van der Waals surface area contributed by atoms with Gasteiger partial charge in [0.05, 0.1) is 6.10 Å². The molecule has 1 aliphatic heterocycles. The fourth-order valence-corrected chi connectivity index (χ4v) is 3.82. The maximum Gasteiger partial charge on any atom is 0.255 e. The Bertz CT molecular complexity index is 556. The fourth-order valence-electron chi connectivity index (χ4n) is 3.82. The molecular weight excluding hydrogens is 324 g/mol. The fraction of sp³-hybridized carbons (Fsp3) is 0.632. The summed E-state index contributed by atoms with van der Waals surface area (Å²) in [5, 5.41) is 0. The number of rotatable bonds is 3. The second-order valence-electron chi connectivity index (χ2n) is 6.83. The van der Waals surface area contributed by atoms with E-state index in [0.717, 1.165) is 49.2 Å². The third kappa shape index (κ3) is 4.22. The number of carbonyl (C=O) groups excluding carboxylic acids is 1. The molecule has 1 aromatic rings. The number of benzene rings is 1. The van der Waals surface area contributed by atoms with Crippen molar-refractivity contribution in [3.63, 3.8) is 0 Å². The molecule has 1 aromatic carbocycles. The molecule has 0 aromatic heterocycles. The first kappa shape index (κ1) is 19.1. The Balaban J connectivity index is 0.00000208. The van der Waals surface area contributed by atoms with Gasteiger partial charge in [0.15, 0.2) is 0 Å². The van der Waals surface area contributed by atoms with Crippen molar-refractivity contribution in [1.29, 1.82) is 0 Å². The largest absolute Gasteiger partial charge is 0.398 e. The third-order valence-electron chi connectivity index (χ3n) is 5.10. The lowest BCUT2D eigenvalue weighted by molar-refractivity contribution is -0.133. The summed E-state index contributed by atoms with van der Waals surface area (Å²) in [7, 11) is 0. The Morgan fingerprint density at radius 2 is 1.92 bits per heavy atom. The molecule has 24 heavy (non-hydrogen) atoms. The van der Waals surface area contributed by atoms with Crippen LogP contribution in [0.4, 0.5) is 11.4 Å². The van der Waals surface area contributed by atoms with Gasteiger partial charge in [0.2, 0.25) is 0 Å². The monoisotopic (exact) mass is 352 g/mol. The number of ether oxygens (including phenoxy) is 1. The highest BCUT2D eigenvalue weighted by Gasteiger charge is 2.29. The molecule has 1 amide bonds. The molecule has 2 aliphatic rings. The van der Waals surface area contributed by atoms with E-state index in [9.17, 15) is 4.79 Å². The maximum absolute atomic E-state index is 12.9. The number of hydrogen-bond donors (Lipinski definition) is 1. The number of nitrogens with zero attached hydrogens (tertiary/aromatic N) is 1. The average molecular weight is 353 g/mol. The summed E-state index contributed by atoms with van der Waals surface area (Å²) in [4.78, 5) is 14.8. The van der Waals surface area contributed by atoms with Crippen molar-refractivity contribution in [1.82, 2.24) is 0 Å². The molecule has 1 fully saturated rings. The van der Waals surface area contributed by atoms with E-state index in [1.807, 2.05) is 30.0 Å². The minimum Gasteiger partial charge on any atom is -0.398 e. The molecule has 1 saturated carbocycles. The molecule has 1 heterocycles. The first-order valence-electron chi connectivity index (χ1n) is 9.01. The molecule has 0 spiro atoms. The van der Waals surface area contributed by atoms with Crippen LogP contribution in [0, 0.1) is 0 Å². The summed E-state index contributed by atoms with van der Waals surface area (Å²) in [5.74, 6) is 0.0702. The standard InChI is InChI=1S/C19H28N2O2.ClH/c1-14(23-15-8-4-2-3-5-9-15)19(22)21-13-7-10-16-17(20)11-6-12-18(16)21;/h6,11-12,14-15H,2-5,7-10,13,20H2,1H3;1H. The van der Waals surface area contributed by atoms with E-state index >= 15 is 0 Å². The van der Waals surface area contributed by atoms with Crippen molar-refractivity contribution in [3.8, 4) is 0 Å². The molecule has 1 atom stereocenters. The predicted molar refractivity (Wildman–Crippen MR) is 101 cm³/mol. The van der Waals surface area contributed by atoms with Crippen LogP contribution in [0.1, 0.15) is 57.4 Å². The Morgan fingerprint density at radius 3 is 2.62 bits per heavy atom. The Kier molecular flexibility index (Phi) is 6.93. The van der Waals surface area contributed by atoms with Crippen molar-refractivity contribution in [2.24, 2.45) is 0 Å². The second-order valence-corrected chi connectivity index (χ2v) is 6.83. The van der Waals surface area contributed by atoms with E-state index in [-0.39, 0.29) is 30.5 Å². The van der Waals surface area contributed by atoms with Gasteiger partial charge in [0, 0.05) is 17.9 Å². The van der Waals surface area contributed by atoms with Gasteiger partial charge in [-0.15, -0.1) is 12.4 Å². The van der Waals surface area contributed by atoms with Crippen LogP contribution >= 0.6 is 12.4 Å². The summed E-state index contributed by atoms with van der Waals surface area (Å²) >= 11 is 0. The van der Waals surface area contributed by atoms with Gasteiger partial charge in [-0.05, 0) is 50.3 Å². The zero-order chi connectivity index (χ0) is 16.2. The summed E-state index contributed by atoms with van der Waals surface area (Å²) in [6.45, 7) is 2.65. The highest BCUT2D eigenvalue weighted by Crippen LogP contribution is 2.32. The lowest BCUT2D eigenvalue weighted by atomic mass is 9.99. The lowest BCUT2D eigenvalue weighted by Gasteiger charge is -2.33. The van der Waals surface area contributed by atoms with Gasteiger partial charge in [-0.25, -0.2) is 0 Å². The number of carbonyl (C=O) groups is 1. The molecule has 134 valence electrons. The van der Waals surface area contributed by atoms with Crippen LogP contribution in [0.5, 0.6) is 0 Å². The van der Waals surface area contributed by atoms with Crippen molar-refractivity contribution >= 4 is 29.7 Å². The van der Waals surface area contributed by atoms with Crippen molar-refractivity contribution in [2.75, 3.05) is 17.2 Å². The Hall–Kier alpha value is -1.26. The first-order valence-corrected chi connectivity index (χ1v) is 9.01. The first-order chi connectivity index (χ1) is 11.2. The number of hydrogen-bond acceptors (Lipinski definition) is 3. The molecule has 0 radical (unpaired) electrons. The normalized spacial score (nSPS) is 19.8. The molecule has 1 unspecified atom stereocenters. The van der Waals surface area contributed by atoms with Crippen molar-refractivity contribution < 1.29 is 9.53 Å². The molecule has 0 saturated heterocycles. The quantitative estimate of drug-likeness (QED) is 0.658. The van der Waals surface area contributed by atoms with Gasteiger partial charge in [-0.1, -0.05) is 31.7 Å². The van der Waals surface area contributed by atoms with Gasteiger partial charge in [-0.3, -0.25) is 4.79 Å². The van der Waals surface area contributed by atoms with E-state index < -0.39 is 0 Å². The van der Waals surface area contributed by atoms with Gasteiger partial charge in [-0.2, -0.15) is 0 Å². The van der Waals surface area contributed by atoms with Crippen molar-refractivity contribution in [2.45, 2.75) is 70.5 Å². The van der Waals surface area contributed by atoms with Gasteiger partial charge in [0.25, 0.3) is 5.91 Å². The van der Waals surface area contributed by atoms with Gasteiger partial charge < -0.3 is 15.4 Å². The van der Waals surface area contributed by atoms with Crippen LogP contribution in [-0.4, -0.2) is 24.7 Å². The highest BCUT2D eigenvalue weighted by molar-refractivity contribution is 5.98. The summed E-state index contributed by atoms with van der Waals surface area (Å²) < 4.78 is 6.11. The minimum absolute atomic E-state index is 0. The van der Waals surface area contributed by atoms with Crippen LogP contribution in [0.2, 0.25) is 0 Å². The number of anilines is 2. The highest BCUT2D eigenvalue weighted by atomic mass is 35.5. The van der Waals surface area contributed by atoms with E-state index in [1.54, 1.807) is 0 Å². The lowest BCUT2D eigenvalue weighted by Crippen LogP contribution is -2.43. The molecule has 0 bridgehead atoms.